The zero-order chi connectivity index (χ0) is 20.6. The maximum atomic E-state index is 12.1. The van der Waals surface area contributed by atoms with Gasteiger partial charge in [0.2, 0.25) is 5.91 Å². The highest BCUT2D eigenvalue weighted by molar-refractivity contribution is 6.35. The lowest BCUT2D eigenvalue weighted by molar-refractivity contribution is -0.141. The number of benzene rings is 1. The van der Waals surface area contributed by atoms with Crippen LogP contribution in [0.1, 0.15) is 57.0 Å². The van der Waals surface area contributed by atoms with Gasteiger partial charge >= 0.3 is 11.8 Å². The van der Waals surface area contributed by atoms with Gasteiger partial charge in [-0.05, 0) is 37.0 Å². The molecule has 0 saturated heterocycles. The lowest BCUT2D eigenvalue weighted by Gasteiger charge is -2.19. The van der Waals surface area contributed by atoms with E-state index >= 15 is 0 Å². The maximum Gasteiger partial charge on any atom is 0.327 e. The van der Waals surface area contributed by atoms with Crippen molar-refractivity contribution in [1.82, 2.24) is 21.5 Å². The van der Waals surface area contributed by atoms with Crippen molar-refractivity contribution in [1.29, 1.82) is 0 Å². The Morgan fingerprint density at radius 1 is 0.926 bits per heavy atom. The van der Waals surface area contributed by atoms with E-state index in [9.17, 15) is 19.2 Å². The lowest BCUT2D eigenvalue weighted by atomic mass is 9.87. The van der Waals surface area contributed by atoms with Gasteiger partial charge in [0.1, 0.15) is 0 Å². The summed E-state index contributed by atoms with van der Waals surface area (Å²) in [6.07, 6.45) is -0.0438. The Morgan fingerprint density at radius 3 is 2.04 bits per heavy atom. The number of carbonyl (C=O) groups is 4. The molecule has 148 valence electrons. The number of hydrogen-bond donors (Lipinski definition) is 4. The summed E-state index contributed by atoms with van der Waals surface area (Å²) in [7, 11) is 0. The summed E-state index contributed by atoms with van der Waals surface area (Å²) in [6.45, 7) is 9.79. The predicted molar refractivity (Wildman–Crippen MR) is 102 cm³/mol. The van der Waals surface area contributed by atoms with Crippen molar-refractivity contribution in [2.45, 2.75) is 52.5 Å². The van der Waals surface area contributed by atoms with E-state index in [2.05, 4.69) is 36.8 Å². The second kappa shape index (κ2) is 9.70. The molecule has 8 nitrogen and oxygen atoms in total. The number of amides is 4. The smallest absolute Gasteiger partial charge is 0.327 e. The van der Waals surface area contributed by atoms with Gasteiger partial charge in [0.15, 0.2) is 0 Å². The summed E-state index contributed by atoms with van der Waals surface area (Å²) in [6, 6.07) is 7.10. The van der Waals surface area contributed by atoms with Crippen LogP contribution in [0.2, 0.25) is 0 Å². The number of hydrazine groups is 1. The highest BCUT2D eigenvalue weighted by Gasteiger charge is 2.16. The summed E-state index contributed by atoms with van der Waals surface area (Å²) in [4.78, 5) is 46.6. The summed E-state index contributed by atoms with van der Waals surface area (Å²) in [5, 5.41) is 5.03. The molecule has 0 atom stereocenters. The van der Waals surface area contributed by atoms with Gasteiger partial charge in [-0.15, -0.1) is 0 Å². The second-order valence-corrected chi connectivity index (χ2v) is 7.46. The first-order chi connectivity index (χ1) is 12.5. The van der Waals surface area contributed by atoms with Gasteiger partial charge in [-0.1, -0.05) is 32.9 Å². The number of rotatable bonds is 5. The van der Waals surface area contributed by atoms with E-state index in [0.29, 0.717) is 5.56 Å². The van der Waals surface area contributed by atoms with Gasteiger partial charge in [0.05, 0.1) is 0 Å². The van der Waals surface area contributed by atoms with Crippen LogP contribution in [0.5, 0.6) is 0 Å². The Bertz CT molecular complexity index is 691. The SMILES string of the molecule is CC(C)NC(=O)C(=O)NNC(=O)CCNC(=O)c1ccc(C(C)(C)C)cc1. The third-order valence-electron chi connectivity index (χ3n) is 3.59. The van der Waals surface area contributed by atoms with Gasteiger partial charge in [0, 0.05) is 24.6 Å². The molecule has 27 heavy (non-hydrogen) atoms. The molecule has 8 heteroatoms. The fraction of sp³-hybridized carbons (Fsp3) is 0.474. The molecule has 0 bridgehead atoms. The van der Waals surface area contributed by atoms with Gasteiger partial charge in [-0.2, -0.15) is 0 Å². The molecule has 0 aliphatic rings. The van der Waals surface area contributed by atoms with Gasteiger partial charge in [-0.25, -0.2) is 0 Å². The first-order valence-electron chi connectivity index (χ1n) is 8.79. The van der Waals surface area contributed by atoms with Crippen molar-refractivity contribution >= 4 is 23.6 Å². The molecular weight excluding hydrogens is 348 g/mol. The molecular formula is C19H28N4O4. The Balaban J connectivity index is 2.36. The zero-order valence-corrected chi connectivity index (χ0v) is 16.4. The highest BCUT2D eigenvalue weighted by Crippen LogP contribution is 2.22. The Morgan fingerprint density at radius 2 is 1.52 bits per heavy atom. The lowest BCUT2D eigenvalue weighted by Crippen LogP contribution is -2.50. The number of nitrogens with one attached hydrogen (secondary N) is 4. The predicted octanol–water partition coefficient (Wildman–Crippen LogP) is 0.776. The van der Waals surface area contributed by atoms with Crippen molar-refractivity contribution in [2.24, 2.45) is 0 Å². The van der Waals surface area contributed by atoms with Crippen LogP contribution < -0.4 is 21.5 Å². The Kier molecular flexibility index (Phi) is 7.96. The van der Waals surface area contributed by atoms with E-state index in [-0.39, 0.29) is 30.3 Å². The van der Waals surface area contributed by atoms with Crippen LogP contribution in [0.3, 0.4) is 0 Å². The molecule has 0 saturated carbocycles. The average molecular weight is 376 g/mol. The number of carbonyl (C=O) groups excluding carboxylic acids is 4. The molecule has 0 fully saturated rings. The van der Waals surface area contributed by atoms with Gasteiger partial charge in [0.25, 0.3) is 5.91 Å². The molecule has 0 radical (unpaired) electrons. The molecule has 1 aromatic rings. The standard InChI is InChI=1S/C19H28N4O4/c1-12(2)21-17(26)18(27)23-22-15(24)10-11-20-16(25)13-6-8-14(9-7-13)19(3,4)5/h6-9,12H,10-11H2,1-5H3,(H,20,25)(H,21,26)(H,22,24)(H,23,27). The molecule has 0 aromatic heterocycles. The Labute approximate surface area is 159 Å². The summed E-state index contributed by atoms with van der Waals surface area (Å²) >= 11 is 0. The minimum absolute atomic E-state index is 0.00357. The average Bonchev–Trinajstić information content (AvgIpc) is 2.58. The maximum absolute atomic E-state index is 12.1. The molecule has 1 rings (SSSR count). The van der Waals surface area contributed by atoms with Gasteiger partial charge in [-0.3, -0.25) is 30.0 Å². The fourth-order valence-corrected chi connectivity index (χ4v) is 2.09. The summed E-state index contributed by atoms with van der Waals surface area (Å²) in [5.41, 5.74) is 5.76. The first kappa shape index (κ1) is 22.1. The van der Waals surface area contributed by atoms with Crippen molar-refractivity contribution in [3.05, 3.63) is 35.4 Å². The van der Waals surface area contributed by atoms with E-state index in [1.807, 2.05) is 17.6 Å². The van der Waals surface area contributed by atoms with Gasteiger partial charge < -0.3 is 10.6 Å². The Hall–Kier alpha value is -2.90. The molecule has 0 spiro atoms. The first-order valence-corrected chi connectivity index (χ1v) is 8.79. The highest BCUT2D eigenvalue weighted by atomic mass is 16.2. The van der Waals surface area contributed by atoms with E-state index in [1.54, 1.807) is 26.0 Å². The quantitative estimate of drug-likeness (QED) is 0.449. The zero-order valence-electron chi connectivity index (χ0n) is 16.4. The molecule has 0 aliphatic heterocycles. The normalized spacial score (nSPS) is 10.9. The third kappa shape index (κ3) is 7.89. The van der Waals surface area contributed by atoms with Crippen LogP contribution in [0.25, 0.3) is 0 Å². The van der Waals surface area contributed by atoms with Crippen molar-refractivity contribution in [3.63, 3.8) is 0 Å². The summed E-state index contributed by atoms with van der Waals surface area (Å²) < 4.78 is 0. The molecule has 0 unspecified atom stereocenters. The van der Waals surface area contributed by atoms with E-state index < -0.39 is 17.7 Å². The van der Waals surface area contributed by atoms with Crippen molar-refractivity contribution in [2.75, 3.05) is 6.54 Å². The van der Waals surface area contributed by atoms with Crippen molar-refractivity contribution in [3.8, 4) is 0 Å². The van der Waals surface area contributed by atoms with E-state index in [1.165, 1.54) is 0 Å². The summed E-state index contributed by atoms with van der Waals surface area (Å²) in [5.74, 6) is -2.61. The monoisotopic (exact) mass is 376 g/mol. The minimum Gasteiger partial charge on any atom is -0.352 e. The largest absolute Gasteiger partial charge is 0.352 e. The number of hydrogen-bond acceptors (Lipinski definition) is 4. The van der Waals surface area contributed by atoms with Crippen molar-refractivity contribution < 1.29 is 19.2 Å². The van der Waals surface area contributed by atoms with E-state index in [0.717, 1.165) is 5.56 Å². The minimum atomic E-state index is -0.958. The molecule has 1 aromatic carbocycles. The third-order valence-corrected chi connectivity index (χ3v) is 3.59. The van der Waals surface area contributed by atoms with Crippen LogP contribution in [-0.2, 0) is 19.8 Å². The van der Waals surface area contributed by atoms with Crippen LogP contribution in [0.4, 0.5) is 0 Å². The van der Waals surface area contributed by atoms with Crippen LogP contribution >= 0.6 is 0 Å². The van der Waals surface area contributed by atoms with Crippen LogP contribution in [-0.4, -0.2) is 36.2 Å². The fourth-order valence-electron chi connectivity index (χ4n) is 2.09. The second-order valence-electron chi connectivity index (χ2n) is 7.46. The van der Waals surface area contributed by atoms with Crippen LogP contribution in [0, 0.1) is 0 Å². The molecule has 4 amide bonds. The van der Waals surface area contributed by atoms with E-state index in [4.69, 9.17) is 0 Å². The van der Waals surface area contributed by atoms with Crippen LogP contribution in [0.15, 0.2) is 24.3 Å². The molecule has 0 heterocycles. The topological polar surface area (TPSA) is 116 Å². The molecule has 4 N–H and O–H groups in total. The molecule has 0 aliphatic carbocycles.